The van der Waals surface area contributed by atoms with Crippen LogP contribution in [-0.4, -0.2) is 18.3 Å². The van der Waals surface area contributed by atoms with Crippen molar-refractivity contribution < 1.29 is 9.84 Å². The van der Waals surface area contributed by atoms with Crippen LogP contribution in [0.4, 0.5) is 0 Å². The lowest BCUT2D eigenvalue weighted by atomic mass is 10.1. The predicted octanol–water partition coefficient (Wildman–Crippen LogP) is 3.36. The molecule has 4 heteroatoms. The van der Waals surface area contributed by atoms with E-state index in [1.165, 1.54) is 4.88 Å². The number of aliphatic hydroxyl groups excluding tert-OH is 1. The van der Waals surface area contributed by atoms with E-state index in [0.717, 1.165) is 30.9 Å². The Balaban J connectivity index is 1.99. The van der Waals surface area contributed by atoms with Crippen molar-refractivity contribution in [2.24, 2.45) is 0 Å². The van der Waals surface area contributed by atoms with Crippen LogP contribution >= 0.6 is 11.3 Å². The van der Waals surface area contributed by atoms with E-state index in [0.29, 0.717) is 0 Å². The molecule has 0 saturated carbocycles. The number of hydrogen-bond acceptors (Lipinski definition) is 4. The van der Waals surface area contributed by atoms with Crippen molar-refractivity contribution >= 4 is 11.3 Å². The van der Waals surface area contributed by atoms with E-state index in [1.807, 2.05) is 30.3 Å². The van der Waals surface area contributed by atoms with Crippen LogP contribution in [0.15, 0.2) is 41.8 Å². The molecule has 0 spiro atoms. The Labute approximate surface area is 124 Å². The van der Waals surface area contributed by atoms with Crippen LogP contribution in [0, 0.1) is 0 Å². The summed E-state index contributed by atoms with van der Waals surface area (Å²) < 4.78 is 5.63. The standard InChI is InChI=1S/C16H21NO2S/c1-2-8-19-14-6-3-5-13(10-14)16(12-18)17-11-15-7-4-9-20-15/h3-7,9-10,16-18H,2,8,11-12H2,1H3. The molecule has 1 atom stereocenters. The molecule has 1 unspecified atom stereocenters. The van der Waals surface area contributed by atoms with Gasteiger partial charge in [0, 0.05) is 11.4 Å². The van der Waals surface area contributed by atoms with Crippen LogP contribution in [0.1, 0.15) is 29.8 Å². The van der Waals surface area contributed by atoms with Crippen LogP contribution in [0.3, 0.4) is 0 Å². The van der Waals surface area contributed by atoms with Crippen molar-refractivity contribution in [2.45, 2.75) is 25.9 Å². The third-order valence-corrected chi connectivity index (χ3v) is 3.90. The number of aliphatic hydroxyl groups is 1. The third-order valence-electron chi connectivity index (χ3n) is 3.02. The molecule has 20 heavy (non-hydrogen) atoms. The molecule has 0 saturated heterocycles. The minimum atomic E-state index is -0.0673. The minimum Gasteiger partial charge on any atom is -0.494 e. The van der Waals surface area contributed by atoms with Gasteiger partial charge in [-0.15, -0.1) is 11.3 Å². The number of nitrogens with one attached hydrogen (secondary N) is 1. The summed E-state index contributed by atoms with van der Waals surface area (Å²) >= 11 is 1.72. The summed E-state index contributed by atoms with van der Waals surface area (Å²) in [6.07, 6.45) is 0.990. The lowest BCUT2D eigenvalue weighted by Crippen LogP contribution is -2.23. The van der Waals surface area contributed by atoms with Gasteiger partial charge in [0.05, 0.1) is 19.3 Å². The molecule has 0 radical (unpaired) electrons. The Morgan fingerprint density at radius 2 is 2.20 bits per heavy atom. The second-order valence-electron chi connectivity index (χ2n) is 4.62. The number of ether oxygens (including phenoxy) is 1. The van der Waals surface area contributed by atoms with Crippen LogP contribution < -0.4 is 10.1 Å². The molecule has 1 heterocycles. The SMILES string of the molecule is CCCOc1cccc(C(CO)NCc2cccs2)c1. The zero-order valence-electron chi connectivity index (χ0n) is 11.7. The maximum atomic E-state index is 9.58. The van der Waals surface area contributed by atoms with E-state index in [4.69, 9.17) is 4.74 Å². The summed E-state index contributed by atoms with van der Waals surface area (Å²) in [5, 5.41) is 15.0. The van der Waals surface area contributed by atoms with Gasteiger partial charge >= 0.3 is 0 Å². The average molecular weight is 291 g/mol. The van der Waals surface area contributed by atoms with E-state index in [9.17, 15) is 5.11 Å². The third kappa shape index (κ3) is 4.34. The summed E-state index contributed by atoms with van der Waals surface area (Å²) in [6, 6.07) is 12.0. The van der Waals surface area contributed by atoms with Crippen molar-refractivity contribution in [2.75, 3.05) is 13.2 Å². The first-order valence-corrected chi connectivity index (χ1v) is 7.81. The Hall–Kier alpha value is -1.36. The second kappa shape index (κ2) is 8.04. The van der Waals surface area contributed by atoms with Crippen LogP contribution in [0.2, 0.25) is 0 Å². The van der Waals surface area contributed by atoms with E-state index < -0.39 is 0 Å². The molecule has 0 bridgehead atoms. The Kier molecular flexibility index (Phi) is 6.05. The summed E-state index contributed by atoms with van der Waals surface area (Å²) in [7, 11) is 0. The summed E-state index contributed by atoms with van der Waals surface area (Å²) in [5.41, 5.74) is 1.05. The van der Waals surface area contributed by atoms with Crippen molar-refractivity contribution in [3.8, 4) is 5.75 Å². The number of hydrogen-bond donors (Lipinski definition) is 2. The largest absolute Gasteiger partial charge is 0.494 e. The quantitative estimate of drug-likeness (QED) is 0.783. The molecule has 0 aliphatic rings. The first-order valence-electron chi connectivity index (χ1n) is 6.93. The number of thiophene rings is 1. The van der Waals surface area contributed by atoms with Gasteiger partial charge in [0.1, 0.15) is 5.75 Å². The van der Waals surface area contributed by atoms with E-state index in [-0.39, 0.29) is 12.6 Å². The van der Waals surface area contributed by atoms with Crippen LogP contribution in [0.25, 0.3) is 0 Å². The van der Waals surface area contributed by atoms with Crippen molar-refractivity contribution in [3.63, 3.8) is 0 Å². The molecule has 0 aliphatic carbocycles. The predicted molar refractivity (Wildman–Crippen MR) is 83.2 cm³/mol. The first kappa shape index (κ1) is 15.0. The Morgan fingerprint density at radius 3 is 2.90 bits per heavy atom. The maximum Gasteiger partial charge on any atom is 0.119 e. The number of rotatable bonds is 8. The van der Waals surface area contributed by atoms with Gasteiger partial charge in [0.15, 0.2) is 0 Å². The Morgan fingerprint density at radius 1 is 1.30 bits per heavy atom. The fourth-order valence-corrected chi connectivity index (χ4v) is 2.62. The molecular formula is C16H21NO2S. The monoisotopic (exact) mass is 291 g/mol. The lowest BCUT2D eigenvalue weighted by Gasteiger charge is -2.17. The Bertz CT molecular complexity index is 499. The van der Waals surface area contributed by atoms with Gasteiger partial charge in [0.2, 0.25) is 0 Å². The highest BCUT2D eigenvalue weighted by Gasteiger charge is 2.11. The van der Waals surface area contributed by atoms with Gasteiger partial charge in [-0.2, -0.15) is 0 Å². The molecule has 2 aromatic rings. The zero-order chi connectivity index (χ0) is 14.2. The van der Waals surface area contributed by atoms with Gasteiger partial charge < -0.3 is 15.2 Å². The van der Waals surface area contributed by atoms with Crippen LogP contribution in [0.5, 0.6) is 5.75 Å². The van der Waals surface area contributed by atoms with Gasteiger partial charge in [0.25, 0.3) is 0 Å². The summed E-state index contributed by atoms with van der Waals surface area (Å²) in [6.45, 7) is 3.64. The topological polar surface area (TPSA) is 41.5 Å². The highest BCUT2D eigenvalue weighted by molar-refractivity contribution is 7.09. The summed E-state index contributed by atoms with van der Waals surface area (Å²) in [5.74, 6) is 0.862. The fourth-order valence-electron chi connectivity index (χ4n) is 1.97. The molecule has 0 fully saturated rings. The zero-order valence-corrected chi connectivity index (χ0v) is 12.5. The van der Waals surface area contributed by atoms with E-state index in [1.54, 1.807) is 11.3 Å². The van der Waals surface area contributed by atoms with Gasteiger partial charge in [-0.3, -0.25) is 0 Å². The van der Waals surface area contributed by atoms with Crippen molar-refractivity contribution in [1.29, 1.82) is 0 Å². The molecule has 1 aromatic carbocycles. The van der Waals surface area contributed by atoms with E-state index in [2.05, 4.69) is 23.7 Å². The molecular weight excluding hydrogens is 270 g/mol. The number of benzene rings is 1. The molecule has 0 aliphatic heterocycles. The molecule has 2 N–H and O–H groups in total. The fraction of sp³-hybridized carbons (Fsp3) is 0.375. The van der Waals surface area contributed by atoms with Gasteiger partial charge in [-0.05, 0) is 35.6 Å². The minimum absolute atomic E-state index is 0.0673. The van der Waals surface area contributed by atoms with Crippen molar-refractivity contribution in [3.05, 3.63) is 52.2 Å². The molecule has 0 amide bonds. The van der Waals surface area contributed by atoms with Crippen LogP contribution in [-0.2, 0) is 6.54 Å². The maximum absolute atomic E-state index is 9.58. The highest BCUT2D eigenvalue weighted by atomic mass is 32.1. The molecule has 2 rings (SSSR count). The molecule has 3 nitrogen and oxygen atoms in total. The first-order chi connectivity index (χ1) is 9.83. The summed E-state index contributed by atoms with van der Waals surface area (Å²) in [4.78, 5) is 1.27. The van der Waals surface area contributed by atoms with Gasteiger partial charge in [-0.1, -0.05) is 25.1 Å². The lowest BCUT2D eigenvalue weighted by molar-refractivity contribution is 0.243. The highest BCUT2D eigenvalue weighted by Crippen LogP contribution is 2.20. The molecule has 108 valence electrons. The molecule has 1 aromatic heterocycles. The van der Waals surface area contributed by atoms with Crippen molar-refractivity contribution in [1.82, 2.24) is 5.32 Å². The average Bonchev–Trinajstić information content (AvgIpc) is 2.99. The van der Waals surface area contributed by atoms with E-state index >= 15 is 0 Å². The van der Waals surface area contributed by atoms with Gasteiger partial charge in [-0.25, -0.2) is 0 Å². The smallest absolute Gasteiger partial charge is 0.119 e. The second-order valence-corrected chi connectivity index (χ2v) is 5.65. The normalized spacial score (nSPS) is 12.3.